The van der Waals surface area contributed by atoms with Crippen molar-refractivity contribution in [3.05, 3.63) is 28.2 Å². The van der Waals surface area contributed by atoms with Crippen molar-refractivity contribution in [3.63, 3.8) is 0 Å². The summed E-state index contributed by atoms with van der Waals surface area (Å²) in [5.41, 5.74) is 1.19. The maximum atomic E-state index is 8.74. The molecule has 0 radical (unpaired) electrons. The van der Waals surface area contributed by atoms with E-state index in [9.17, 15) is 0 Å². The fourth-order valence-corrected chi connectivity index (χ4v) is 2.32. The van der Waals surface area contributed by atoms with Crippen LogP contribution in [0.15, 0.2) is 22.7 Å². The molecule has 0 aliphatic carbocycles. The quantitative estimate of drug-likeness (QED) is 0.679. The van der Waals surface area contributed by atoms with Crippen LogP contribution in [-0.2, 0) is 0 Å². The average Bonchev–Trinajstić information content (AvgIpc) is 2.39. The molecule has 0 aromatic heterocycles. The lowest BCUT2D eigenvalue weighted by Crippen LogP contribution is -2.18. The molecule has 0 spiro atoms. The fourth-order valence-electron chi connectivity index (χ4n) is 1.98. The average molecular weight is 330 g/mol. The molecule has 1 rings (SSSR count). The van der Waals surface area contributed by atoms with Gasteiger partial charge < -0.3 is 15.2 Å². The first kappa shape index (κ1) is 16.5. The number of aliphatic hydroxyl groups is 1. The number of hydrogen-bond acceptors (Lipinski definition) is 3. The van der Waals surface area contributed by atoms with E-state index in [0.717, 1.165) is 36.0 Å². The van der Waals surface area contributed by atoms with E-state index in [-0.39, 0.29) is 12.6 Å². The first-order valence-corrected chi connectivity index (χ1v) is 7.74. The predicted octanol–water partition coefficient (Wildman–Crippen LogP) is 3.66. The molecule has 0 bridgehead atoms. The zero-order valence-electron chi connectivity index (χ0n) is 11.8. The van der Waals surface area contributed by atoms with E-state index in [0.29, 0.717) is 6.61 Å². The Morgan fingerprint density at radius 3 is 2.79 bits per heavy atom. The first-order valence-electron chi connectivity index (χ1n) is 6.95. The third-order valence-electron chi connectivity index (χ3n) is 3.01. The van der Waals surface area contributed by atoms with E-state index in [1.165, 1.54) is 5.56 Å². The Morgan fingerprint density at radius 2 is 2.11 bits per heavy atom. The topological polar surface area (TPSA) is 41.5 Å². The Balaban J connectivity index is 2.61. The summed E-state index contributed by atoms with van der Waals surface area (Å²) < 4.78 is 6.91. The maximum Gasteiger partial charge on any atom is 0.125 e. The van der Waals surface area contributed by atoms with Crippen LogP contribution in [0.5, 0.6) is 5.75 Å². The first-order chi connectivity index (χ1) is 9.19. The van der Waals surface area contributed by atoms with Crippen LogP contribution in [0.2, 0.25) is 0 Å². The summed E-state index contributed by atoms with van der Waals surface area (Å²) in [6.45, 7) is 6.14. The molecule has 0 aliphatic heterocycles. The number of ether oxygens (including phenoxy) is 1. The Bertz CT molecular complexity index is 371. The molecular formula is C15H24BrNO2. The molecule has 1 unspecified atom stereocenters. The lowest BCUT2D eigenvalue weighted by atomic mass is 10.1. The minimum atomic E-state index is 0.263. The van der Waals surface area contributed by atoms with Gasteiger partial charge in [0.15, 0.2) is 0 Å². The van der Waals surface area contributed by atoms with E-state index in [2.05, 4.69) is 41.2 Å². The summed E-state index contributed by atoms with van der Waals surface area (Å²) in [7, 11) is 0. The molecule has 0 aliphatic rings. The van der Waals surface area contributed by atoms with Gasteiger partial charge in [0.2, 0.25) is 0 Å². The normalized spacial score (nSPS) is 12.4. The van der Waals surface area contributed by atoms with E-state index >= 15 is 0 Å². The van der Waals surface area contributed by atoms with E-state index < -0.39 is 0 Å². The minimum absolute atomic E-state index is 0.263. The van der Waals surface area contributed by atoms with Gasteiger partial charge in [-0.1, -0.05) is 28.9 Å². The Hall–Kier alpha value is -0.580. The van der Waals surface area contributed by atoms with Crippen LogP contribution in [-0.4, -0.2) is 24.9 Å². The third kappa shape index (κ3) is 5.93. The van der Waals surface area contributed by atoms with Gasteiger partial charge in [0.25, 0.3) is 0 Å². The number of nitrogens with one attached hydrogen (secondary N) is 1. The largest absolute Gasteiger partial charge is 0.493 e. The summed E-state index contributed by atoms with van der Waals surface area (Å²) >= 11 is 3.48. The zero-order valence-corrected chi connectivity index (χ0v) is 13.4. The van der Waals surface area contributed by atoms with Crippen molar-refractivity contribution in [2.75, 3.05) is 19.8 Å². The summed E-state index contributed by atoms with van der Waals surface area (Å²) in [6.07, 6.45) is 2.83. The second-order valence-electron chi connectivity index (χ2n) is 4.59. The number of hydrogen-bond donors (Lipinski definition) is 2. The lowest BCUT2D eigenvalue weighted by Gasteiger charge is -2.18. The Labute approximate surface area is 124 Å². The molecule has 19 heavy (non-hydrogen) atoms. The molecule has 0 fully saturated rings. The number of unbranched alkanes of at least 4 members (excludes halogenated alkanes) is 2. The summed E-state index contributed by atoms with van der Waals surface area (Å²) in [5, 5.41) is 12.1. The standard InChI is InChI=1S/C15H24BrNO2/c1-3-17-12(2)14-8-7-13(16)11-15(14)19-10-6-4-5-9-18/h7-8,11-12,17-18H,3-6,9-10H2,1-2H3. The highest BCUT2D eigenvalue weighted by atomic mass is 79.9. The number of halogens is 1. The molecule has 0 heterocycles. The molecule has 108 valence electrons. The van der Waals surface area contributed by atoms with Gasteiger partial charge in [0, 0.05) is 22.7 Å². The van der Waals surface area contributed by atoms with Crippen LogP contribution in [0, 0.1) is 0 Å². The van der Waals surface area contributed by atoms with Crippen molar-refractivity contribution < 1.29 is 9.84 Å². The molecule has 1 aromatic carbocycles. The smallest absolute Gasteiger partial charge is 0.125 e. The van der Waals surface area contributed by atoms with Crippen LogP contribution in [0.1, 0.15) is 44.7 Å². The van der Waals surface area contributed by atoms with Crippen molar-refractivity contribution in [1.82, 2.24) is 5.32 Å². The number of rotatable bonds is 9. The second kappa shape index (κ2) is 9.34. The monoisotopic (exact) mass is 329 g/mol. The molecule has 0 saturated carbocycles. The van der Waals surface area contributed by atoms with Gasteiger partial charge in [0.1, 0.15) is 5.75 Å². The van der Waals surface area contributed by atoms with Gasteiger partial charge in [0.05, 0.1) is 6.61 Å². The zero-order chi connectivity index (χ0) is 14.1. The molecular weight excluding hydrogens is 306 g/mol. The maximum absolute atomic E-state index is 8.74. The summed E-state index contributed by atoms with van der Waals surface area (Å²) in [6, 6.07) is 6.45. The van der Waals surface area contributed by atoms with Crippen molar-refractivity contribution in [2.24, 2.45) is 0 Å². The van der Waals surface area contributed by atoms with E-state index in [1.54, 1.807) is 0 Å². The van der Waals surface area contributed by atoms with Crippen LogP contribution in [0.4, 0.5) is 0 Å². The highest BCUT2D eigenvalue weighted by Crippen LogP contribution is 2.28. The summed E-state index contributed by atoms with van der Waals surface area (Å²) in [4.78, 5) is 0. The highest BCUT2D eigenvalue weighted by molar-refractivity contribution is 9.10. The van der Waals surface area contributed by atoms with Gasteiger partial charge in [-0.2, -0.15) is 0 Å². The number of benzene rings is 1. The van der Waals surface area contributed by atoms with Crippen LogP contribution >= 0.6 is 15.9 Å². The van der Waals surface area contributed by atoms with Gasteiger partial charge in [-0.3, -0.25) is 0 Å². The van der Waals surface area contributed by atoms with Crippen molar-refractivity contribution in [2.45, 2.75) is 39.2 Å². The second-order valence-corrected chi connectivity index (χ2v) is 5.51. The Kier molecular flexibility index (Phi) is 8.10. The molecule has 3 nitrogen and oxygen atoms in total. The molecule has 0 amide bonds. The lowest BCUT2D eigenvalue weighted by molar-refractivity contribution is 0.264. The van der Waals surface area contributed by atoms with Gasteiger partial charge in [-0.25, -0.2) is 0 Å². The SMILES string of the molecule is CCNC(C)c1ccc(Br)cc1OCCCCCO. The molecule has 4 heteroatoms. The van der Waals surface area contributed by atoms with E-state index in [1.807, 2.05) is 12.1 Å². The molecule has 2 N–H and O–H groups in total. The van der Waals surface area contributed by atoms with Gasteiger partial charge in [-0.15, -0.1) is 0 Å². The van der Waals surface area contributed by atoms with Crippen molar-refractivity contribution in [1.29, 1.82) is 0 Å². The predicted molar refractivity (Wildman–Crippen MR) is 82.7 cm³/mol. The molecule has 0 saturated heterocycles. The van der Waals surface area contributed by atoms with E-state index in [4.69, 9.17) is 9.84 Å². The van der Waals surface area contributed by atoms with Gasteiger partial charge in [-0.05, 0) is 44.9 Å². The van der Waals surface area contributed by atoms with Crippen molar-refractivity contribution >= 4 is 15.9 Å². The van der Waals surface area contributed by atoms with Crippen LogP contribution < -0.4 is 10.1 Å². The molecule has 1 aromatic rings. The highest BCUT2D eigenvalue weighted by Gasteiger charge is 2.11. The van der Waals surface area contributed by atoms with Crippen molar-refractivity contribution in [3.8, 4) is 5.75 Å². The number of aliphatic hydroxyl groups excluding tert-OH is 1. The summed E-state index contributed by atoms with van der Waals surface area (Å²) in [5.74, 6) is 0.937. The molecule has 1 atom stereocenters. The van der Waals surface area contributed by atoms with Crippen LogP contribution in [0.25, 0.3) is 0 Å². The minimum Gasteiger partial charge on any atom is -0.493 e. The van der Waals surface area contributed by atoms with Crippen LogP contribution in [0.3, 0.4) is 0 Å². The third-order valence-corrected chi connectivity index (χ3v) is 3.51. The fraction of sp³-hybridized carbons (Fsp3) is 0.600. The Morgan fingerprint density at radius 1 is 1.32 bits per heavy atom. The van der Waals surface area contributed by atoms with Gasteiger partial charge >= 0.3 is 0 Å².